The third-order valence-electron chi connectivity index (χ3n) is 7.24. The van der Waals surface area contributed by atoms with Gasteiger partial charge in [-0.2, -0.15) is 5.10 Å². The van der Waals surface area contributed by atoms with Gasteiger partial charge in [0.25, 0.3) is 12.3 Å². The number of carbonyl (C=O) groups excluding carboxylic acids is 3. The summed E-state index contributed by atoms with van der Waals surface area (Å²) < 4.78 is 32.4. The van der Waals surface area contributed by atoms with E-state index in [0.717, 1.165) is 10.6 Å². The number of benzene rings is 2. The molecule has 3 N–H and O–H groups in total. The number of likely N-dealkylation sites (tertiary alicyclic amines) is 1. The van der Waals surface area contributed by atoms with Crippen LogP contribution in [0.2, 0.25) is 0 Å². The standard InChI is InChI=1S/C29H33F2N5O6/c1-28(2,33-27(40)41)25(38)32-21(17-42-20-11-7-4-8-12-20)24(37)35-14-13-22-29(18-35,15-19-9-5-3-6-10-19)26(39)36(34-22)16-23(30)31/h3-12,21,23,33H,13-18H2,1-2H3,(H,32,38)(H,40,41)/t21-,29?/m1/s1. The van der Waals surface area contributed by atoms with Gasteiger partial charge in [-0.3, -0.25) is 14.4 Å². The molecule has 0 saturated carbocycles. The first kappa shape index (κ1) is 30.4. The van der Waals surface area contributed by atoms with E-state index in [0.29, 0.717) is 11.5 Å². The Kier molecular flexibility index (Phi) is 9.08. The van der Waals surface area contributed by atoms with Crippen molar-refractivity contribution in [3.05, 3.63) is 66.2 Å². The largest absolute Gasteiger partial charge is 0.491 e. The maximum Gasteiger partial charge on any atom is 0.405 e. The molecule has 13 heteroatoms. The number of nitrogens with zero attached hydrogens (tertiary/aromatic N) is 3. The second kappa shape index (κ2) is 12.5. The maximum absolute atomic E-state index is 14.0. The zero-order chi connectivity index (χ0) is 30.5. The molecule has 11 nitrogen and oxygen atoms in total. The normalized spacial score (nSPS) is 19.2. The molecule has 0 radical (unpaired) electrons. The maximum atomic E-state index is 14.0. The van der Waals surface area contributed by atoms with Crippen LogP contribution in [0.5, 0.6) is 5.75 Å². The van der Waals surface area contributed by atoms with E-state index in [-0.39, 0.29) is 32.5 Å². The van der Waals surface area contributed by atoms with E-state index in [2.05, 4.69) is 15.7 Å². The smallest absolute Gasteiger partial charge is 0.405 e. The molecule has 1 unspecified atom stereocenters. The number of para-hydroxylation sites is 1. The molecule has 0 aromatic heterocycles. The Bertz CT molecular complexity index is 1340. The van der Waals surface area contributed by atoms with Crippen molar-refractivity contribution >= 4 is 29.5 Å². The fraction of sp³-hybridized carbons (Fsp3) is 0.414. The van der Waals surface area contributed by atoms with Crippen molar-refractivity contribution in [1.82, 2.24) is 20.5 Å². The Balaban J connectivity index is 1.61. The predicted octanol–water partition coefficient (Wildman–Crippen LogP) is 2.52. The van der Waals surface area contributed by atoms with Gasteiger partial charge in [-0.25, -0.2) is 18.6 Å². The van der Waals surface area contributed by atoms with E-state index in [1.807, 2.05) is 18.2 Å². The average Bonchev–Trinajstić information content (AvgIpc) is 3.20. The highest BCUT2D eigenvalue weighted by molar-refractivity contribution is 6.14. The Labute approximate surface area is 241 Å². The fourth-order valence-corrected chi connectivity index (χ4v) is 5.13. The van der Waals surface area contributed by atoms with E-state index in [9.17, 15) is 28.0 Å². The summed E-state index contributed by atoms with van der Waals surface area (Å²) in [6, 6.07) is 16.4. The average molecular weight is 586 g/mol. The lowest BCUT2D eigenvalue weighted by atomic mass is 9.73. The lowest BCUT2D eigenvalue weighted by Crippen LogP contribution is -2.63. The number of hydrogen-bond acceptors (Lipinski definition) is 6. The number of carbonyl (C=O) groups is 4. The van der Waals surface area contributed by atoms with Crippen molar-refractivity contribution in [2.75, 3.05) is 26.2 Å². The summed E-state index contributed by atoms with van der Waals surface area (Å²) in [5.74, 6) is -1.52. The molecule has 1 saturated heterocycles. The monoisotopic (exact) mass is 585 g/mol. The van der Waals surface area contributed by atoms with Crippen molar-refractivity contribution in [1.29, 1.82) is 0 Å². The number of amides is 4. The van der Waals surface area contributed by atoms with Gasteiger partial charge in [0.15, 0.2) is 0 Å². The number of rotatable bonds is 11. The quantitative estimate of drug-likeness (QED) is 0.370. The van der Waals surface area contributed by atoms with Gasteiger partial charge in [-0.1, -0.05) is 48.5 Å². The Morgan fingerprint density at radius 1 is 1.10 bits per heavy atom. The van der Waals surface area contributed by atoms with E-state index < -0.39 is 53.8 Å². The van der Waals surface area contributed by atoms with Crippen LogP contribution in [0.15, 0.2) is 65.8 Å². The van der Waals surface area contributed by atoms with Gasteiger partial charge in [0.2, 0.25) is 11.8 Å². The van der Waals surface area contributed by atoms with Crippen LogP contribution in [0, 0.1) is 5.41 Å². The molecule has 0 bridgehead atoms. The summed E-state index contributed by atoms with van der Waals surface area (Å²) in [6.07, 6.45) is -3.90. The van der Waals surface area contributed by atoms with Crippen LogP contribution in [0.25, 0.3) is 0 Å². The van der Waals surface area contributed by atoms with Gasteiger partial charge in [0.05, 0.1) is 5.71 Å². The first-order valence-corrected chi connectivity index (χ1v) is 13.4. The van der Waals surface area contributed by atoms with Gasteiger partial charge in [0.1, 0.15) is 35.9 Å². The Hall–Kier alpha value is -4.55. The molecule has 2 aromatic carbocycles. The summed E-state index contributed by atoms with van der Waals surface area (Å²) in [5, 5.41) is 18.9. The molecule has 2 heterocycles. The lowest BCUT2D eigenvalue weighted by Gasteiger charge is -2.41. The summed E-state index contributed by atoms with van der Waals surface area (Å²) in [7, 11) is 0. The number of carboxylic acid groups (broad SMARTS) is 1. The van der Waals surface area contributed by atoms with Gasteiger partial charge >= 0.3 is 6.09 Å². The number of hydrogen-bond donors (Lipinski definition) is 3. The Morgan fingerprint density at radius 2 is 1.74 bits per heavy atom. The molecule has 4 rings (SSSR count). The highest BCUT2D eigenvalue weighted by atomic mass is 19.3. The summed E-state index contributed by atoms with van der Waals surface area (Å²) in [4.78, 5) is 53.3. The molecule has 2 aliphatic rings. The second-order valence-electron chi connectivity index (χ2n) is 10.8. The molecule has 2 atom stereocenters. The van der Waals surface area contributed by atoms with E-state index in [1.165, 1.54) is 18.7 Å². The van der Waals surface area contributed by atoms with Crippen LogP contribution in [0.4, 0.5) is 13.6 Å². The number of fused-ring (bicyclic) bond motifs is 1. The van der Waals surface area contributed by atoms with Crippen LogP contribution in [-0.4, -0.2) is 88.8 Å². The fourth-order valence-electron chi connectivity index (χ4n) is 5.13. The third kappa shape index (κ3) is 6.84. The van der Waals surface area contributed by atoms with Crippen molar-refractivity contribution < 1.29 is 37.8 Å². The molecule has 0 aliphatic carbocycles. The molecule has 2 aliphatic heterocycles. The highest BCUT2D eigenvalue weighted by Gasteiger charge is 2.55. The van der Waals surface area contributed by atoms with Crippen molar-refractivity contribution in [2.45, 2.75) is 44.7 Å². The van der Waals surface area contributed by atoms with Crippen LogP contribution in [-0.2, 0) is 20.8 Å². The molecular formula is C29H33F2N5O6. The molecule has 2 aromatic rings. The number of hydrazone groups is 1. The third-order valence-corrected chi connectivity index (χ3v) is 7.24. The molecule has 0 spiro atoms. The van der Waals surface area contributed by atoms with E-state index >= 15 is 0 Å². The predicted molar refractivity (Wildman–Crippen MR) is 148 cm³/mol. The topological polar surface area (TPSA) is 141 Å². The van der Waals surface area contributed by atoms with Crippen LogP contribution in [0.1, 0.15) is 25.8 Å². The molecule has 224 valence electrons. The second-order valence-corrected chi connectivity index (χ2v) is 10.8. The van der Waals surface area contributed by atoms with E-state index in [4.69, 9.17) is 9.84 Å². The minimum atomic E-state index is -2.79. The minimum absolute atomic E-state index is 0.123. The minimum Gasteiger partial charge on any atom is -0.491 e. The molecule has 1 fully saturated rings. The Morgan fingerprint density at radius 3 is 2.36 bits per heavy atom. The van der Waals surface area contributed by atoms with Crippen molar-refractivity contribution in [2.24, 2.45) is 10.5 Å². The van der Waals surface area contributed by atoms with Crippen LogP contribution in [0.3, 0.4) is 0 Å². The lowest BCUT2D eigenvalue weighted by molar-refractivity contribution is -0.144. The number of halogens is 2. The number of ether oxygens (including phenoxy) is 1. The van der Waals surface area contributed by atoms with Gasteiger partial charge < -0.3 is 25.4 Å². The zero-order valence-corrected chi connectivity index (χ0v) is 23.3. The summed E-state index contributed by atoms with van der Waals surface area (Å²) in [5.41, 5.74) is -1.74. The molecule has 4 amide bonds. The number of piperidine rings is 1. The number of alkyl halides is 2. The summed E-state index contributed by atoms with van der Waals surface area (Å²) in [6.45, 7) is 1.53. The van der Waals surface area contributed by atoms with Gasteiger partial charge in [-0.15, -0.1) is 0 Å². The first-order chi connectivity index (χ1) is 19.9. The van der Waals surface area contributed by atoms with Crippen molar-refractivity contribution in [3.8, 4) is 5.75 Å². The highest BCUT2D eigenvalue weighted by Crippen LogP contribution is 2.39. The van der Waals surface area contributed by atoms with Gasteiger partial charge in [-0.05, 0) is 38.0 Å². The van der Waals surface area contributed by atoms with Crippen molar-refractivity contribution in [3.63, 3.8) is 0 Å². The molecular weight excluding hydrogens is 552 g/mol. The first-order valence-electron chi connectivity index (χ1n) is 13.4. The summed E-state index contributed by atoms with van der Waals surface area (Å²) >= 11 is 0. The number of nitrogens with one attached hydrogen (secondary N) is 2. The SMILES string of the molecule is CC(C)(NC(=O)O)C(=O)N[C@H](COc1ccccc1)C(=O)N1CCC2=NN(CC(F)F)C(=O)C2(Cc2ccccc2)C1. The zero-order valence-electron chi connectivity index (χ0n) is 23.3. The van der Waals surface area contributed by atoms with Gasteiger partial charge in [0, 0.05) is 19.5 Å². The van der Waals surface area contributed by atoms with E-state index in [1.54, 1.807) is 42.5 Å². The molecule has 42 heavy (non-hydrogen) atoms. The van der Waals surface area contributed by atoms with Crippen LogP contribution < -0.4 is 15.4 Å². The van der Waals surface area contributed by atoms with Crippen LogP contribution >= 0.6 is 0 Å².